The summed E-state index contributed by atoms with van der Waals surface area (Å²) in [4.78, 5) is 0. The largest absolute Gasteiger partial charge is 2.00 e. The third-order valence-electron chi connectivity index (χ3n) is 4.04. The van der Waals surface area contributed by atoms with Crippen molar-refractivity contribution >= 4 is 0 Å². The predicted molar refractivity (Wildman–Crippen MR) is 68.9 cm³/mol. The second-order valence-corrected chi connectivity index (χ2v) is 5.02. The number of halogens is 1. The van der Waals surface area contributed by atoms with Crippen LogP contribution in [0.4, 0.5) is 0 Å². The first-order chi connectivity index (χ1) is 7.95. The molecule has 0 aromatic carbocycles. The van der Waals surface area contributed by atoms with Gasteiger partial charge in [-0.2, -0.15) is 0 Å². The Kier molecular flexibility index (Phi) is 6.56. The molecule has 2 heteroatoms. The van der Waals surface area contributed by atoms with Gasteiger partial charge in [0.2, 0.25) is 0 Å². The Bertz CT molecular complexity index is 352. The zero-order valence-electron chi connectivity index (χ0n) is 10.7. The molecule has 0 radical (unpaired) electrons. The summed E-state index contributed by atoms with van der Waals surface area (Å²) in [6, 6.07) is 0. The number of allylic oxidation sites excluding steroid dienone is 8. The fraction of sp³-hybridized carbons (Fsp3) is 0.438. The molecule has 3 aliphatic rings. The summed E-state index contributed by atoms with van der Waals surface area (Å²) in [5.74, 6) is 2.50. The summed E-state index contributed by atoms with van der Waals surface area (Å²) in [5, 5.41) is 0. The fourth-order valence-corrected chi connectivity index (χ4v) is 3.21. The van der Waals surface area contributed by atoms with E-state index in [0.29, 0.717) is 0 Å². The SMILES string of the molecule is C1=CCC([C-]2CCCCC2C2=CC=CC2)=C1.[Cl-].[Ti+2]. The quantitative estimate of drug-likeness (QED) is 0.535. The van der Waals surface area contributed by atoms with E-state index in [2.05, 4.69) is 36.5 Å². The molecule has 18 heavy (non-hydrogen) atoms. The molecular formula is C16H19ClTi. The molecule has 1 fully saturated rings. The summed E-state index contributed by atoms with van der Waals surface area (Å²) < 4.78 is 0. The zero-order chi connectivity index (χ0) is 10.8. The molecule has 0 saturated heterocycles. The summed E-state index contributed by atoms with van der Waals surface area (Å²) >= 11 is 0. The topological polar surface area (TPSA) is 0 Å². The van der Waals surface area contributed by atoms with Gasteiger partial charge in [0, 0.05) is 0 Å². The minimum Gasteiger partial charge on any atom is -1.00 e. The van der Waals surface area contributed by atoms with Crippen molar-refractivity contribution in [2.45, 2.75) is 38.5 Å². The molecule has 0 heterocycles. The molecule has 0 nitrogen and oxygen atoms in total. The van der Waals surface area contributed by atoms with E-state index in [1.807, 2.05) is 0 Å². The van der Waals surface area contributed by atoms with Gasteiger partial charge in [0.05, 0.1) is 0 Å². The van der Waals surface area contributed by atoms with E-state index in [1.54, 1.807) is 17.1 Å². The maximum atomic E-state index is 2.35. The van der Waals surface area contributed by atoms with Crippen molar-refractivity contribution in [1.82, 2.24) is 0 Å². The van der Waals surface area contributed by atoms with E-state index in [0.717, 1.165) is 5.92 Å². The minimum absolute atomic E-state index is 0. The standard InChI is InChI=1S/C16H19.ClH.Ti/c1-2-8-13(7-1)15-11-5-6-12-16(15)14-9-3-4-10-14;;/h1-4,7,9,15H,5-6,8,10-12H2;1H;/q-1;;+2/p-1. The van der Waals surface area contributed by atoms with Gasteiger partial charge < -0.3 is 12.4 Å². The van der Waals surface area contributed by atoms with Crippen molar-refractivity contribution in [2.24, 2.45) is 5.92 Å². The first-order valence-electron chi connectivity index (χ1n) is 6.52. The van der Waals surface area contributed by atoms with Crippen molar-refractivity contribution in [3.05, 3.63) is 53.5 Å². The molecule has 0 aromatic rings. The van der Waals surface area contributed by atoms with Gasteiger partial charge >= 0.3 is 21.7 Å². The van der Waals surface area contributed by atoms with Crippen LogP contribution in [0.5, 0.6) is 0 Å². The Labute approximate surface area is 132 Å². The van der Waals surface area contributed by atoms with Gasteiger partial charge in [-0.15, -0.1) is 12.2 Å². The van der Waals surface area contributed by atoms with E-state index >= 15 is 0 Å². The molecule has 0 amide bonds. The van der Waals surface area contributed by atoms with E-state index in [1.165, 1.54) is 38.5 Å². The Morgan fingerprint density at radius 1 is 1.00 bits per heavy atom. The first kappa shape index (κ1) is 15.9. The molecule has 1 saturated carbocycles. The van der Waals surface area contributed by atoms with E-state index < -0.39 is 0 Å². The molecule has 94 valence electrons. The van der Waals surface area contributed by atoms with Crippen LogP contribution in [0.3, 0.4) is 0 Å². The van der Waals surface area contributed by atoms with Crippen molar-refractivity contribution in [3.63, 3.8) is 0 Å². The third-order valence-corrected chi connectivity index (χ3v) is 4.04. The zero-order valence-corrected chi connectivity index (χ0v) is 13.0. The molecule has 0 spiro atoms. The minimum atomic E-state index is 0. The Balaban J connectivity index is 0.000000810. The van der Waals surface area contributed by atoms with Crippen LogP contribution >= 0.6 is 0 Å². The van der Waals surface area contributed by atoms with Crippen LogP contribution in [0, 0.1) is 11.8 Å². The maximum absolute atomic E-state index is 2.35. The van der Waals surface area contributed by atoms with Gasteiger partial charge in [-0.1, -0.05) is 55.4 Å². The Hall–Kier alpha value is -0.166. The summed E-state index contributed by atoms with van der Waals surface area (Å²) in [6.07, 6.45) is 21.6. The van der Waals surface area contributed by atoms with Crippen LogP contribution < -0.4 is 12.4 Å². The molecule has 3 aliphatic carbocycles. The third kappa shape index (κ3) is 3.23. The molecular weight excluding hydrogens is 275 g/mol. The average Bonchev–Trinajstić information content (AvgIpc) is 3.03. The van der Waals surface area contributed by atoms with Crippen LogP contribution in [-0.4, -0.2) is 0 Å². The molecule has 0 aromatic heterocycles. The van der Waals surface area contributed by atoms with Crippen LogP contribution in [0.2, 0.25) is 0 Å². The molecule has 1 atom stereocenters. The predicted octanol–water partition coefficient (Wildman–Crippen LogP) is 1.53. The number of rotatable bonds is 2. The monoisotopic (exact) mass is 294 g/mol. The average molecular weight is 295 g/mol. The fourth-order valence-electron chi connectivity index (χ4n) is 3.21. The summed E-state index contributed by atoms with van der Waals surface area (Å²) in [6.45, 7) is 0. The van der Waals surface area contributed by atoms with Crippen LogP contribution in [0.15, 0.2) is 47.6 Å². The first-order valence-corrected chi connectivity index (χ1v) is 6.52. The maximum Gasteiger partial charge on any atom is 2.00 e. The van der Waals surface area contributed by atoms with Crippen molar-refractivity contribution in [1.29, 1.82) is 0 Å². The van der Waals surface area contributed by atoms with Gasteiger partial charge in [0.15, 0.2) is 0 Å². The van der Waals surface area contributed by atoms with Gasteiger partial charge in [-0.05, 0) is 12.8 Å². The Morgan fingerprint density at radius 3 is 2.44 bits per heavy atom. The molecule has 0 bridgehead atoms. The van der Waals surface area contributed by atoms with Crippen LogP contribution in [-0.2, 0) is 21.7 Å². The number of hydrogen-bond acceptors (Lipinski definition) is 0. The van der Waals surface area contributed by atoms with Gasteiger partial charge in [-0.25, -0.2) is 17.6 Å². The van der Waals surface area contributed by atoms with E-state index in [-0.39, 0.29) is 34.1 Å². The Morgan fingerprint density at radius 2 is 1.78 bits per heavy atom. The van der Waals surface area contributed by atoms with E-state index in [9.17, 15) is 0 Å². The number of hydrogen-bond donors (Lipinski definition) is 0. The summed E-state index contributed by atoms with van der Waals surface area (Å²) in [5.41, 5.74) is 3.26. The van der Waals surface area contributed by atoms with Crippen LogP contribution in [0.1, 0.15) is 38.5 Å². The second kappa shape index (κ2) is 7.43. The van der Waals surface area contributed by atoms with Crippen molar-refractivity contribution < 1.29 is 34.1 Å². The normalized spacial score (nSPS) is 25.3. The molecule has 3 rings (SSSR count). The molecule has 0 aliphatic heterocycles. The second-order valence-electron chi connectivity index (χ2n) is 5.02. The smallest absolute Gasteiger partial charge is 1.00 e. The van der Waals surface area contributed by atoms with Gasteiger partial charge in [0.1, 0.15) is 0 Å². The van der Waals surface area contributed by atoms with Crippen molar-refractivity contribution in [3.8, 4) is 0 Å². The summed E-state index contributed by atoms with van der Waals surface area (Å²) in [7, 11) is 0. The van der Waals surface area contributed by atoms with Crippen molar-refractivity contribution in [2.75, 3.05) is 0 Å². The molecule has 1 unspecified atom stereocenters. The van der Waals surface area contributed by atoms with Gasteiger partial charge in [0.25, 0.3) is 0 Å². The van der Waals surface area contributed by atoms with Gasteiger partial charge in [-0.3, -0.25) is 0 Å². The van der Waals surface area contributed by atoms with Crippen LogP contribution in [0.25, 0.3) is 0 Å². The van der Waals surface area contributed by atoms with E-state index in [4.69, 9.17) is 0 Å². The molecule has 0 N–H and O–H groups in total.